The lowest BCUT2D eigenvalue weighted by Crippen LogP contribution is -2.49. The number of cyclic esters (lactones) is 1. The molecule has 0 aromatic rings. The number of fused-ring (bicyclic) bond motifs is 1. The summed E-state index contributed by atoms with van der Waals surface area (Å²) in [6.07, 6.45) is 11.4. The lowest BCUT2D eigenvalue weighted by molar-refractivity contribution is -0.166. The van der Waals surface area contributed by atoms with Crippen molar-refractivity contribution in [3.63, 3.8) is 0 Å². The van der Waals surface area contributed by atoms with Gasteiger partial charge in [-0.3, -0.25) is 9.59 Å². The topological polar surface area (TPSA) is 71.1 Å². The van der Waals surface area contributed by atoms with Crippen LogP contribution in [0, 0.1) is 23.2 Å². The maximum Gasteiger partial charge on any atom is 0.311 e. The maximum absolute atomic E-state index is 13.6. The van der Waals surface area contributed by atoms with Crippen LogP contribution < -0.4 is 0 Å². The molecule has 0 N–H and O–H groups in total. The number of hydrogen-bond donors (Lipinski definition) is 0. The molecule has 8 heteroatoms. The van der Waals surface area contributed by atoms with Gasteiger partial charge in [0, 0.05) is 18.8 Å². The molecule has 0 aromatic heterocycles. The Kier molecular flexibility index (Phi) is 12.0. The molecular weight excluding hydrogens is 597 g/mol. The van der Waals surface area contributed by atoms with Crippen LogP contribution in [0.4, 0.5) is 0 Å². The van der Waals surface area contributed by atoms with Gasteiger partial charge in [0.15, 0.2) is 16.6 Å². The van der Waals surface area contributed by atoms with Crippen LogP contribution in [-0.2, 0) is 27.9 Å². The SMILES string of the molecule is CCCC(C)(C)C(=O)O[C@H]1C[C@H](O[Si](C)(C)C(C)(C)C)C=C2C=C[C@H](C)[C@H](CC[C@@H]3C[C@@H](O[Si](C)(C)C(C)(C)C)CC(=O)O3)[C@H]21. The van der Waals surface area contributed by atoms with Crippen LogP contribution in [0.15, 0.2) is 23.8 Å². The number of carbonyl (C=O) groups excluding carboxylic acids is 2. The molecule has 1 aliphatic heterocycles. The summed E-state index contributed by atoms with van der Waals surface area (Å²) in [6.45, 7) is 31.0. The van der Waals surface area contributed by atoms with Crippen LogP contribution in [0.5, 0.6) is 0 Å². The van der Waals surface area contributed by atoms with Crippen LogP contribution in [0.25, 0.3) is 0 Å². The van der Waals surface area contributed by atoms with Crippen LogP contribution in [0.1, 0.15) is 114 Å². The van der Waals surface area contributed by atoms with E-state index >= 15 is 0 Å². The summed E-state index contributed by atoms with van der Waals surface area (Å²) < 4.78 is 26.0. The van der Waals surface area contributed by atoms with E-state index < -0.39 is 22.0 Å². The first-order valence-electron chi connectivity index (χ1n) is 17.6. The minimum Gasteiger partial charge on any atom is -0.462 e. The Bertz CT molecular complexity index is 1110. The first kappa shape index (κ1) is 38.2. The number of ether oxygens (including phenoxy) is 2. The molecule has 0 aromatic carbocycles. The maximum atomic E-state index is 13.6. The summed E-state index contributed by atoms with van der Waals surface area (Å²) in [6, 6.07) is 0. The fourth-order valence-corrected chi connectivity index (χ4v) is 9.36. The number of carbonyl (C=O) groups is 2. The Labute approximate surface area is 277 Å². The molecule has 1 heterocycles. The molecule has 7 atom stereocenters. The summed E-state index contributed by atoms with van der Waals surface area (Å²) in [5.74, 6) is 0.398. The van der Waals surface area contributed by atoms with Gasteiger partial charge < -0.3 is 18.3 Å². The van der Waals surface area contributed by atoms with Gasteiger partial charge in [0.25, 0.3) is 0 Å². The second-order valence-corrected chi connectivity index (χ2v) is 27.4. The molecule has 6 nitrogen and oxygen atoms in total. The summed E-state index contributed by atoms with van der Waals surface area (Å²) >= 11 is 0. The van der Waals surface area contributed by atoms with E-state index in [0.29, 0.717) is 18.8 Å². The van der Waals surface area contributed by atoms with Gasteiger partial charge >= 0.3 is 11.9 Å². The number of rotatable bonds is 11. The van der Waals surface area contributed by atoms with Crippen molar-refractivity contribution in [1.82, 2.24) is 0 Å². The quantitative estimate of drug-likeness (QED) is 0.162. The summed E-state index contributed by atoms with van der Waals surface area (Å²) in [5.41, 5.74) is 0.686. The predicted octanol–water partition coefficient (Wildman–Crippen LogP) is 9.76. The molecule has 0 saturated carbocycles. The molecule has 0 spiro atoms. The van der Waals surface area contributed by atoms with Crippen molar-refractivity contribution < 1.29 is 27.9 Å². The molecule has 0 bridgehead atoms. The highest BCUT2D eigenvalue weighted by Gasteiger charge is 2.47. The summed E-state index contributed by atoms with van der Waals surface area (Å²) in [5, 5.41) is 0.169. The Balaban J connectivity index is 1.85. The number of esters is 2. The van der Waals surface area contributed by atoms with Crippen LogP contribution in [0.3, 0.4) is 0 Å². The molecule has 258 valence electrons. The second-order valence-electron chi connectivity index (χ2n) is 17.9. The molecule has 0 radical (unpaired) electrons. The predicted molar refractivity (Wildman–Crippen MR) is 189 cm³/mol. The zero-order valence-electron chi connectivity index (χ0n) is 31.2. The van der Waals surface area contributed by atoms with Crippen molar-refractivity contribution in [2.75, 3.05) is 0 Å². The highest BCUT2D eigenvalue weighted by molar-refractivity contribution is 6.74. The molecule has 0 amide bonds. The lowest BCUT2D eigenvalue weighted by atomic mass is 9.66. The monoisotopic (exact) mass is 662 g/mol. The van der Waals surface area contributed by atoms with Gasteiger partial charge in [-0.1, -0.05) is 80.0 Å². The van der Waals surface area contributed by atoms with E-state index in [0.717, 1.165) is 32.1 Å². The van der Waals surface area contributed by atoms with Crippen LogP contribution in [0.2, 0.25) is 36.3 Å². The zero-order chi connectivity index (χ0) is 34.2. The normalized spacial score (nSPS) is 30.0. The molecule has 3 rings (SSSR count). The van der Waals surface area contributed by atoms with E-state index in [1.54, 1.807) is 0 Å². The summed E-state index contributed by atoms with van der Waals surface area (Å²) in [4.78, 5) is 26.4. The molecule has 2 aliphatic carbocycles. The molecule has 0 unspecified atom stereocenters. The van der Waals surface area contributed by atoms with Gasteiger partial charge in [0.05, 0.1) is 24.0 Å². The largest absolute Gasteiger partial charge is 0.462 e. The Morgan fingerprint density at radius 1 is 0.933 bits per heavy atom. The minimum atomic E-state index is -2.04. The Morgan fingerprint density at radius 2 is 1.53 bits per heavy atom. The molecule has 45 heavy (non-hydrogen) atoms. The fourth-order valence-electron chi connectivity index (χ4n) is 6.71. The number of allylic oxidation sites excluding steroid dienone is 2. The van der Waals surface area contributed by atoms with Crippen LogP contribution >= 0.6 is 0 Å². The highest BCUT2D eigenvalue weighted by Crippen LogP contribution is 2.47. The second kappa shape index (κ2) is 14.1. The fraction of sp³-hybridized carbons (Fsp3) is 0.838. The first-order chi connectivity index (χ1) is 20.5. The highest BCUT2D eigenvalue weighted by atomic mass is 28.4. The molecule has 3 aliphatic rings. The van der Waals surface area contributed by atoms with Gasteiger partial charge in [-0.05, 0) is 86.8 Å². The first-order valence-corrected chi connectivity index (χ1v) is 23.4. The third-order valence-electron chi connectivity index (χ3n) is 11.6. The minimum absolute atomic E-state index is 0.0840. The van der Waals surface area contributed by atoms with Gasteiger partial charge in [-0.2, -0.15) is 0 Å². The Morgan fingerprint density at radius 3 is 2.11 bits per heavy atom. The van der Waals surface area contributed by atoms with Crippen molar-refractivity contribution in [1.29, 1.82) is 0 Å². The van der Waals surface area contributed by atoms with E-state index in [2.05, 4.69) is 99.8 Å². The van der Waals surface area contributed by atoms with E-state index in [1.807, 2.05) is 13.8 Å². The van der Waals surface area contributed by atoms with Gasteiger partial charge in [0.2, 0.25) is 0 Å². The summed E-state index contributed by atoms with van der Waals surface area (Å²) in [7, 11) is -4.05. The smallest absolute Gasteiger partial charge is 0.311 e. The van der Waals surface area contributed by atoms with E-state index in [-0.39, 0.29) is 58.3 Å². The van der Waals surface area contributed by atoms with E-state index in [9.17, 15) is 9.59 Å². The standard InChI is InChI=1S/C37H66O6Si2/c1-15-20-37(9,10)34(39)41-31-23-28(42-44(11,12)35(3,4)5)21-26-17-16-25(2)30(33(26)31)19-18-27-22-29(24-32(38)40-27)43-45(13,14)36(6,7)8/h16-17,21,25,27-31,33H,15,18-20,22-24H2,1-14H3/t25-,27+,28+,29+,30-,31-,33-/m0/s1. The molecular formula is C37H66O6Si2. The number of hydrogen-bond acceptors (Lipinski definition) is 6. The van der Waals surface area contributed by atoms with Crippen LogP contribution in [-0.4, -0.2) is 53.0 Å². The van der Waals surface area contributed by atoms with Crippen molar-refractivity contribution in [3.05, 3.63) is 23.8 Å². The third-order valence-corrected chi connectivity index (χ3v) is 20.6. The van der Waals surface area contributed by atoms with Gasteiger partial charge in [0.1, 0.15) is 12.2 Å². The lowest BCUT2D eigenvalue weighted by Gasteiger charge is -2.46. The third kappa shape index (κ3) is 9.44. The van der Waals surface area contributed by atoms with Gasteiger partial charge in [-0.15, -0.1) is 0 Å². The molecule has 1 fully saturated rings. The van der Waals surface area contributed by atoms with E-state index in [1.165, 1.54) is 5.57 Å². The molecule has 1 saturated heterocycles. The average Bonchev–Trinajstić information content (AvgIpc) is 2.86. The van der Waals surface area contributed by atoms with Crippen molar-refractivity contribution >= 4 is 28.6 Å². The van der Waals surface area contributed by atoms with E-state index in [4.69, 9.17) is 18.3 Å². The Hall–Kier alpha value is -1.23. The zero-order valence-corrected chi connectivity index (χ0v) is 33.2. The van der Waals surface area contributed by atoms with Crippen molar-refractivity contribution in [3.8, 4) is 0 Å². The average molecular weight is 663 g/mol. The van der Waals surface area contributed by atoms with Crippen molar-refractivity contribution in [2.45, 2.75) is 175 Å². The van der Waals surface area contributed by atoms with Gasteiger partial charge in [-0.25, -0.2) is 0 Å². The van der Waals surface area contributed by atoms with Crippen molar-refractivity contribution in [2.24, 2.45) is 23.2 Å².